The molecule has 6 heteroatoms. The highest BCUT2D eigenvalue weighted by atomic mass is 32.2. The Morgan fingerprint density at radius 2 is 2.00 bits per heavy atom. The lowest BCUT2D eigenvalue weighted by atomic mass is 10.3. The molecular weight excluding hydrogens is 252 g/mol. The van der Waals surface area contributed by atoms with Crippen LogP contribution in [0.2, 0.25) is 0 Å². The van der Waals surface area contributed by atoms with E-state index in [0.29, 0.717) is 5.75 Å². The van der Waals surface area contributed by atoms with Crippen molar-refractivity contribution in [3.8, 4) is 5.75 Å². The molecule has 0 aliphatic rings. The monoisotopic (exact) mass is 262 g/mol. The van der Waals surface area contributed by atoms with Crippen molar-refractivity contribution < 1.29 is 9.66 Å². The lowest BCUT2D eigenvalue weighted by Crippen LogP contribution is -1.91. The number of rotatable bonds is 4. The summed E-state index contributed by atoms with van der Waals surface area (Å²) in [6.07, 6.45) is 3.39. The first-order chi connectivity index (χ1) is 8.70. The standard InChI is InChI=1S/C12H10N2O3S/c1-17-11-8-9(14(15)16)2-3-12(11)18-10-4-6-13-7-5-10/h2-8H,1H3. The summed E-state index contributed by atoms with van der Waals surface area (Å²) in [7, 11) is 1.50. The van der Waals surface area contributed by atoms with Crippen LogP contribution in [-0.2, 0) is 0 Å². The lowest BCUT2D eigenvalue weighted by molar-refractivity contribution is -0.385. The first-order valence-corrected chi connectivity index (χ1v) is 5.92. The van der Waals surface area contributed by atoms with E-state index in [0.717, 1.165) is 9.79 Å². The molecule has 0 aliphatic carbocycles. The lowest BCUT2D eigenvalue weighted by Gasteiger charge is -2.07. The average Bonchev–Trinajstić information content (AvgIpc) is 2.40. The normalized spacial score (nSPS) is 10.1. The fourth-order valence-electron chi connectivity index (χ4n) is 1.39. The molecule has 0 unspecified atom stereocenters. The summed E-state index contributed by atoms with van der Waals surface area (Å²) in [5, 5.41) is 10.7. The predicted molar refractivity (Wildman–Crippen MR) is 68.0 cm³/mol. The van der Waals surface area contributed by atoms with E-state index in [-0.39, 0.29) is 5.69 Å². The number of pyridine rings is 1. The predicted octanol–water partition coefficient (Wildman–Crippen LogP) is 3.15. The molecule has 0 aliphatic heterocycles. The van der Waals surface area contributed by atoms with Gasteiger partial charge in [-0.3, -0.25) is 15.1 Å². The maximum Gasteiger partial charge on any atom is 0.273 e. The summed E-state index contributed by atoms with van der Waals surface area (Å²) < 4.78 is 5.17. The van der Waals surface area contributed by atoms with Crippen molar-refractivity contribution in [1.82, 2.24) is 4.98 Å². The van der Waals surface area contributed by atoms with E-state index >= 15 is 0 Å². The van der Waals surface area contributed by atoms with Crippen LogP contribution in [0.25, 0.3) is 0 Å². The van der Waals surface area contributed by atoms with E-state index in [1.54, 1.807) is 18.5 Å². The van der Waals surface area contributed by atoms with Gasteiger partial charge >= 0.3 is 0 Å². The van der Waals surface area contributed by atoms with Crippen LogP contribution in [0.15, 0.2) is 52.5 Å². The fourth-order valence-corrected chi connectivity index (χ4v) is 2.28. The third-order valence-corrected chi connectivity index (χ3v) is 3.30. The molecule has 0 saturated carbocycles. The van der Waals surface area contributed by atoms with Gasteiger partial charge < -0.3 is 4.74 Å². The Morgan fingerprint density at radius 3 is 2.61 bits per heavy atom. The quantitative estimate of drug-likeness (QED) is 0.625. The van der Waals surface area contributed by atoms with Crippen molar-refractivity contribution in [3.05, 3.63) is 52.8 Å². The van der Waals surface area contributed by atoms with E-state index in [4.69, 9.17) is 4.74 Å². The van der Waals surface area contributed by atoms with Gasteiger partial charge in [-0.25, -0.2) is 0 Å². The first-order valence-electron chi connectivity index (χ1n) is 5.11. The molecule has 2 aromatic rings. The number of benzene rings is 1. The summed E-state index contributed by atoms with van der Waals surface area (Å²) in [6.45, 7) is 0. The molecule has 1 aromatic heterocycles. The van der Waals surface area contributed by atoms with Gasteiger partial charge in [0.05, 0.1) is 23.0 Å². The SMILES string of the molecule is COc1cc([N+](=O)[O-])ccc1Sc1ccncc1. The molecule has 2 rings (SSSR count). The number of nitrogens with zero attached hydrogens (tertiary/aromatic N) is 2. The van der Waals surface area contributed by atoms with Crippen molar-refractivity contribution in [2.75, 3.05) is 7.11 Å². The molecule has 1 heterocycles. The summed E-state index contributed by atoms with van der Waals surface area (Å²) in [4.78, 5) is 16.0. The number of aromatic nitrogens is 1. The first kappa shape index (κ1) is 12.4. The highest BCUT2D eigenvalue weighted by molar-refractivity contribution is 7.99. The highest BCUT2D eigenvalue weighted by Crippen LogP contribution is 2.36. The molecule has 0 atom stereocenters. The fraction of sp³-hybridized carbons (Fsp3) is 0.0833. The maximum atomic E-state index is 10.7. The third kappa shape index (κ3) is 2.78. The number of hydrogen-bond acceptors (Lipinski definition) is 5. The highest BCUT2D eigenvalue weighted by Gasteiger charge is 2.12. The van der Waals surface area contributed by atoms with Gasteiger partial charge in [-0.05, 0) is 18.2 Å². The van der Waals surface area contributed by atoms with E-state index < -0.39 is 4.92 Å². The van der Waals surface area contributed by atoms with Crippen LogP contribution >= 0.6 is 11.8 Å². The average molecular weight is 262 g/mol. The zero-order chi connectivity index (χ0) is 13.0. The van der Waals surface area contributed by atoms with E-state index in [9.17, 15) is 10.1 Å². The molecule has 0 amide bonds. The van der Waals surface area contributed by atoms with Gasteiger partial charge in [0, 0.05) is 23.4 Å². The second-order valence-corrected chi connectivity index (χ2v) is 4.49. The zero-order valence-electron chi connectivity index (χ0n) is 9.57. The number of hydrogen-bond donors (Lipinski definition) is 0. The topological polar surface area (TPSA) is 65.3 Å². The van der Waals surface area contributed by atoms with Crippen LogP contribution in [0.3, 0.4) is 0 Å². The van der Waals surface area contributed by atoms with Gasteiger partial charge in [0.2, 0.25) is 0 Å². The van der Waals surface area contributed by atoms with Gasteiger partial charge in [0.25, 0.3) is 5.69 Å². The Bertz CT molecular complexity index is 561. The van der Waals surface area contributed by atoms with E-state index in [1.165, 1.54) is 31.0 Å². The van der Waals surface area contributed by atoms with Gasteiger partial charge in [-0.15, -0.1) is 0 Å². The van der Waals surface area contributed by atoms with Crippen LogP contribution in [0.5, 0.6) is 5.75 Å². The zero-order valence-corrected chi connectivity index (χ0v) is 10.4. The second-order valence-electron chi connectivity index (χ2n) is 3.38. The van der Waals surface area contributed by atoms with Gasteiger partial charge in [-0.2, -0.15) is 0 Å². The van der Waals surface area contributed by atoms with Crippen LogP contribution in [0.4, 0.5) is 5.69 Å². The number of non-ortho nitro benzene ring substituents is 1. The van der Waals surface area contributed by atoms with Gasteiger partial charge in [0.15, 0.2) is 0 Å². The van der Waals surface area contributed by atoms with Crippen LogP contribution in [0.1, 0.15) is 0 Å². The summed E-state index contributed by atoms with van der Waals surface area (Å²) >= 11 is 1.47. The molecule has 92 valence electrons. The van der Waals surface area contributed by atoms with Crippen LogP contribution in [0, 0.1) is 10.1 Å². The largest absolute Gasteiger partial charge is 0.495 e. The Balaban J connectivity index is 2.31. The summed E-state index contributed by atoms with van der Waals surface area (Å²) in [5.41, 5.74) is 0.0194. The molecule has 18 heavy (non-hydrogen) atoms. The van der Waals surface area contributed by atoms with E-state index in [1.807, 2.05) is 12.1 Å². The molecule has 1 aromatic carbocycles. The Labute approximate surface area is 108 Å². The van der Waals surface area contributed by atoms with Crippen molar-refractivity contribution in [3.63, 3.8) is 0 Å². The van der Waals surface area contributed by atoms with Crippen molar-refractivity contribution in [1.29, 1.82) is 0 Å². The van der Waals surface area contributed by atoms with Crippen molar-refractivity contribution in [2.45, 2.75) is 9.79 Å². The minimum Gasteiger partial charge on any atom is -0.495 e. The van der Waals surface area contributed by atoms with Gasteiger partial charge in [0.1, 0.15) is 5.75 Å². The molecule has 0 saturated heterocycles. The minimum absolute atomic E-state index is 0.0194. The van der Waals surface area contributed by atoms with Crippen molar-refractivity contribution in [2.24, 2.45) is 0 Å². The molecular formula is C12H10N2O3S. The Hall–Kier alpha value is -2.08. The minimum atomic E-state index is -0.441. The Morgan fingerprint density at radius 1 is 1.28 bits per heavy atom. The Kier molecular flexibility index (Phi) is 3.78. The molecule has 0 spiro atoms. The van der Waals surface area contributed by atoms with Crippen LogP contribution in [-0.4, -0.2) is 17.0 Å². The number of ether oxygens (including phenoxy) is 1. The molecule has 0 fully saturated rings. The third-order valence-electron chi connectivity index (χ3n) is 2.24. The molecule has 0 radical (unpaired) electrons. The smallest absolute Gasteiger partial charge is 0.273 e. The summed E-state index contributed by atoms with van der Waals surface area (Å²) in [5.74, 6) is 0.492. The van der Waals surface area contributed by atoms with Crippen LogP contribution < -0.4 is 4.74 Å². The van der Waals surface area contributed by atoms with Gasteiger partial charge in [-0.1, -0.05) is 11.8 Å². The number of nitro groups is 1. The second kappa shape index (κ2) is 5.50. The number of nitro benzene ring substituents is 1. The maximum absolute atomic E-state index is 10.7. The molecule has 0 bridgehead atoms. The summed E-state index contributed by atoms with van der Waals surface area (Å²) in [6, 6.07) is 8.30. The number of methoxy groups -OCH3 is 1. The molecule has 5 nitrogen and oxygen atoms in total. The molecule has 0 N–H and O–H groups in total. The van der Waals surface area contributed by atoms with Crippen molar-refractivity contribution >= 4 is 17.4 Å². The van der Waals surface area contributed by atoms with E-state index in [2.05, 4.69) is 4.98 Å².